The Bertz CT molecular complexity index is 504. The van der Waals surface area contributed by atoms with E-state index in [0.717, 1.165) is 51.4 Å². The van der Waals surface area contributed by atoms with Gasteiger partial charge in [0.1, 0.15) is 0 Å². The van der Waals surface area contributed by atoms with E-state index in [2.05, 4.69) is 13.8 Å². The molecule has 0 spiro atoms. The van der Waals surface area contributed by atoms with Gasteiger partial charge >= 0.3 is 0 Å². The molecule has 1 aromatic carbocycles. The summed E-state index contributed by atoms with van der Waals surface area (Å²) in [6.45, 7) is 4.26. The van der Waals surface area contributed by atoms with Gasteiger partial charge in [-0.15, -0.1) is 0 Å². The number of nitrogens with two attached hydrogens (primary N) is 2. The molecule has 134 valence electrons. The van der Waals surface area contributed by atoms with E-state index >= 15 is 0 Å². The van der Waals surface area contributed by atoms with Crippen molar-refractivity contribution in [3.63, 3.8) is 0 Å². The zero-order chi connectivity index (χ0) is 17.9. The van der Waals surface area contributed by atoms with Gasteiger partial charge in [-0.3, -0.25) is 9.59 Å². The monoisotopic (exact) mass is 332 g/mol. The maximum atomic E-state index is 12.6. The molecule has 4 nitrogen and oxygen atoms in total. The van der Waals surface area contributed by atoms with Crippen LogP contribution >= 0.6 is 0 Å². The number of anilines is 2. The van der Waals surface area contributed by atoms with Crippen LogP contribution in [0.5, 0.6) is 0 Å². The van der Waals surface area contributed by atoms with Crippen LogP contribution in [-0.2, 0) is 0 Å². The Labute approximate surface area is 146 Å². The van der Waals surface area contributed by atoms with Crippen molar-refractivity contribution in [3.8, 4) is 0 Å². The van der Waals surface area contributed by atoms with Gasteiger partial charge < -0.3 is 11.5 Å². The van der Waals surface area contributed by atoms with Crippen LogP contribution in [-0.4, -0.2) is 11.6 Å². The minimum atomic E-state index is -0.0622. The number of carbonyl (C=O) groups excluding carboxylic acids is 2. The number of hydrogen-bond acceptors (Lipinski definition) is 4. The summed E-state index contributed by atoms with van der Waals surface area (Å²) in [5, 5.41) is 0. The van der Waals surface area contributed by atoms with E-state index in [1.807, 2.05) is 0 Å². The smallest absolute Gasteiger partial charge is 0.165 e. The lowest BCUT2D eigenvalue weighted by Crippen LogP contribution is -2.15. The van der Waals surface area contributed by atoms with Crippen LogP contribution in [0.4, 0.5) is 11.4 Å². The number of unbranched alkanes of at least 4 members (excludes halogenated alkanes) is 6. The summed E-state index contributed by atoms with van der Waals surface area (Å²) >= 11 is 0. The van der Waals surface area contributed by atoms with E-state index in [1.54, 1.807) is 12.1 Å². The van der Waals surface area contributed by atoms with E-state index in [4.69, 9.17) is 11.5 Å². The first kappa shape index (κ1) is 20.2. The number of ketones is 2. The molecule has 4 heteroatoms. The van der Waals surface area contributed by atoms with Gasteiger partial charge in [0.25, 0.3) is 0 Å². The van der Waals surface area contributed by atoms with Crippen molar-refractivity contribution in [2.75, 3.05) is 11.5 Å². The van der Waals surface area contributed by atoms with E-state index in [9.17, 15) is 9.59 Å². The summed E-state index contributed by atoms with van der Waals surface area (Å²) in [5.41, 5.74) is 13.4. The van der Waals surface area contributed by atoms with Gasteiger partial charge in [0, 0.05) is 24.2 Å². The van der Waals surface area contributed by atoms with Crippen molar-refractivity contribution in [1.82, 2.24) is 0 Å². The molecule has 0 fully saturated rings. The molecule has 0 saturated heterocycles. The van der Waals surface area contributed by atoms with E-state index in [0.29, 0.717) is 35.3 Å². The second kappa shape index (κ2) is 10.8. The zero-order valence-electron chi connectivity index (χ0n) is 15.2. The largest absolute Gasteiger partial charge is 0.398 e. The third kappa shape index (κ3) is 5.99. The highest BCUT2D eigenvalue weighted by Gasteiger charge is 2.22. The number of rotatable bonds is 12. The molecule has 0 atom stereocenters. The first-order valence-electron chi connectivity index (χ1n) is 9.27. The second-order valence-corrected chi connectivity index (χ2v) is 6.46. The quantitative estimate of drug-likeness (QED) is 0.314. The van der Waals surface area contributed by atoms with Crippen LogP contribution in [0.2, 0.25) is 0 Å². The molecule has 1 rings (SSSR count). The molecule has 0 bridgehead atoms. The summed E-state index contributed by atoms with van der Waals surface area (Å²) in [6, 6.07) is 3.25. The molecule has 0 aliphatic heterocycles. The number of carbonyl (C=O) groups is 2. The molecule has 4 N–H and O–H groups in total. The van der Waals surface area contributed by atoms with Crippen LogP contribution in [0.25, 0.3) is 0 Å². The minimum Gasteiger partial charge on any atom is -0.398 e. The molecule has 0 aromatic heterocycles. The highest BCUT2D eigenvalue weighted by atomic mass is 16.1. The summed E-state index contributed by atoms with van der Waals surface area (Å²) < 4.78 is 0. The maximum Gasteiger partial charge on any atom is 0.165 e. The number of nitrogen functional groups attached to an aromatic ring is 2. The first-order chi connectivity index (χ1) is 11.5. The number of benzene rings is 1. The average Bonchev–Trinajstić information content (AvgIpc) is 2.57. The third-order valence-electron chi connectivity index (χ3n) is 4.34. The molecule has 0 aliphatic carbocycles. The summed E-state index contributed by atoms with van der Waals surface area (Å²) in [7, 11) is 0. The van der Waals surface area contributed by atoms with Gasteiger partial charge in [-0.1, -0.05) is 52.4 Å². The molecule has 0 aliphatic rings. The van der Waals surface area contributed by atoms with Crippen LogP contribution in [0, 0.1) is 0 Å². The maximum absolute atomic E-state index is 12.6. The SMILES string of the molecule is CCCCCCC(=O)c1c(N)ccc(N)c1C(=O)CCCCCC. The fraction of sp³-hybridized carbons (Fsp3) is 0.600. The van der Waals surface area contributed by atoms with Crippen LogP contribution < -0.4 is 11.5 Å². The van der Waals surface area contributed by atoms with Gasteiger partial charge in [0.15, 0.2) is 11.6 Å². The Hall–Kier alpha value is -1.84. The van der Waals surface area contributed by atoms with Crippen molar-refractivity contribution in [2.45, 2.75) is 78.1 Å². The molecular formula is C20H32N2O2. The van der Waals surface area contributed by atoms with Crippen molar-refractivity contribution >= 4 is 22.9 Å². The Kier molecular flexibility index (Phi) is 9.13. The predicted molar refractivity (Wildman–Crippen MR) is 101 cm³/mol. The zero-order valence-corrected chi connectivity index (χ0v) is 15.2. The number of Topliss-reactive ketones (excluding diaryl/α,β-unsaturated/α-hetero) is 2. The van der Waals surface area contributed by atoms with Gasteiger partial charge in [-0.25, -0.2) is 0 Å². The Morgan fingerprint density at radius 1 is 0.708 bits per heavy atom. The summed E-state index contributed by atoms with van der Waals surface area (Å²) in [6.07, 6.45) is 9.00. The minimum absolute atomic E-state index is 0.0622. The van der Waals surface area contributed by atoms with Crippen LogP contribution in [0.1, 0.15) is 98.8 Å². The van der Waals surface area contributed by atoms with E-state index < -0.39 is 0 Å². The van der Waals surface area contributed by atoms with Crippen molar-refractivity contribution in [1.29, 1.82) is 0 Å². The van der Waals surface area contributed by atoms with Gasteiger partial charge in [0.2, 0.25) is 0 Å². The second-order valence-electron chi connectivity index (χ2n) is 6.46. The lowest BCUT2D eigenvalue weighted by molar-refractivity contribution is 0.0947. The Balaban J connectivity index is 2.88. The molecule has 0 heterocycles. The highest BCUT2D eigenvalue weighted by molar-refractivity contribution is 6.14. The standard InChI is InChI=1S/C20H32N2O2/c1-3-5-7-9-11-17(23)19-15(21)13-14-16(22)20(19)18(24)12-10-8-6-4-2/h13-14H,3-12,21-22H2,1-2H3. The van der Waals surface area contributed by atoms with Gasteiger partial charge in [-0.05, 0) is 25.0 Å². The van der Waals surface area contributed by atoms with Crippen molar-refractivity contribution in [2.24, 2.45) is 0 Å². The molecule has 0 saturated carbocycles. The molecule has 24 heavy (non-hydrogen) atoms. The predicted octanol–water partition coefficient (Wildman–Crippen LogP) is 5.16. The van der Waals surface area contributed by atoms with Crippen LogP contribution in [0.15, 0.2) is 12.1 Å². The number of hydrogen-bond donors (Lipinski definition) is 2. The van der Waals surface area contributed by atoms with E-state index in [1.165, 1.54) is 0 Å². The summed E-state index contributed by atoms with van der Waals surface area (Å²) in [4.78, 5) is 25.2. The van der Waals surface area contributed by atoms with Crippen molar-refractivity contribution in [3.05, 3.63) is 23.3 Å². The van der Waals surface area contributed by atoms with Crippen molar-refractivity contribution < 1.29 is 9.59 Å². The fourth-order valence-electron chi connectivity index (χ4n) is 2.91. The normalized spacial score (nSPS) is 10.8. The topological polar surface area (TPSA) is 86.2 Å². The highest BCUT2D eigenvalue weighted by Crippen LogP contribution is 2.27. The third-order valence-corrected chi connectivity index (χ3v) is 4.34. The molecule has 0 amide bonds. The first-order valence-corrected chi connectivity index (χ1v) is 9.27. The molecular weight excluding hydrogens is 300 g/mol. The van der Waals surface area contributed by atoms with Gasteiger partial charge in [0.05, 0.1) is 11.1 Å². The molecule has 0 radical (unpaired) electrons. The average molecular weight is 332 g/mol. The lowest BCUT2D eigenvalue weighted by atomic mass is 9.92. The summed E-state index contributed by atoms with van der Waals surface area (Å²) in [5.74, 6) is -0.124. The lowest BCUT2D eigenvalue weighted by Gasteiger charge is -2.13. The molecule has 0 unspecified atom stereocenters. The fourth-order valence-corrected chi connectivity index (χ4v) is 2.91. The Morgan fingerprint density at radius 2 is 1.08 bits per heavy atom. The Morgan fingerprint density at radius 3 is 1.42 bits per heavy atom. The van der Waals surface area contributed by atoms with E-state index in [-0.39, 0.29) is 11.6 Å². The molecule has 1 aromatic rings. The van der Waals surface area contributed by atoms with Gasteiger partial charge in [-0.2, -0.15) is 0 Å². The van der Waals surface area contributed by atoms with Crippen LogP contribution in [0.3, 0.4) is 0 Å².